The molecule has 1 unspecified atom stereocenters. The average molecular weight is 457 g/mol. The highest BCUT2D eigenvalue weighted by Gasteiger charge is 2.47. The lowest BCUT2D eigenvalue weighted by molar-refractivity contribution is -0.132. The Morgan fingerprint density at radius 1 is 0.971 bits per heavy atom. The van der Waals surface area contributed by atoms with Gasteiger partial charge in [-0.3, -0.25) is 14.5 Å². The third-order valence-electron chi connectivity index (χ3n) is 6.03. The van der Waals surface area contributed by atoms with Crippen LogP contribution in [0.3, 0.4) is 0 Å². The first kappa shape index (κ1) is 21.6. The number of aliphatic hydroxyl groups excluding tert-OH is 1. The van der Waals surface area contributed by atoms with Gasteiger partial charge in [-0.25, -0.2) is 0 Å². The number of Topliss-reactive ketones (excluding diaryl/α,β-unsaturated/α-hetero) is 1. The van der Waals surface area contributed by atoms with Crippen LogP contribution in [-0.2, 0) is 9.59 Å². The Morgan fingerprint density at radius 2 is 1.71 bits per heavy atom. The van der Waals surface area contributed by atoms with E-state index in [-0.39, 0.29) is 11.3 Å². The highest BCUT2D eigenvalue weighted by molar-refractivity contribution is 6.51. The summed E-state index contributed by atoms with van der Waals surface area (Å²) >= 11 is 0. The van der Waals surface area contributed by atoms with Gasteiger partial charge in [-0.1, -0.05) is 30.3 Å². The molecule has 0 radical (unpaired) electrons. The number of anilines is 1. The summed E-state index contributed by atoms with van der Waals surface area (Å²) in [5.74, 6) is 0.0257. The number of fused-ring (bicyclic) bond motifs is 1. The molecule has 1 atom stereocenters. The molecule has 2 aliphatic heterocycles. The van der Waals surface area contributed by atoms with Crippen LogP contribution in [0.4, 0.5) is 5.69 Å². The van der Waals surface area contributed by atoms with E-state index in [9.17, 15) is 14.7 Å². The second kappa shape index (κ2) is 8.59. The molecule has 7 nitrogen and oxygen atoms in total. The molecular formula is C27H23NO6. The zero-order valence-electron chi connectivity index (χ0n) is 18.8. The van der Waals surface area contributed by atoms with Crippen molar-refractivity contribution in [1.82, 2.24) is 0 Å². The summed E-state index contributed by atoms with van der Waals surface area (Å²) < 4.78 is 16.6. The first-order valence-electron chi connectivity index (χ1n) is 10.9. The zero-order chi connectivity index (χ0) is 23.8. The number of methoxy groups -OCH3 is 1. The van der Waals surface area contributed by atoms with E-state index in [1.807, 2.05) is 37.3 Å². The predicted molar refractivity (Wildman–Crippen MR) is 126 cm³/mol. The minimum atomic E-state index is -0.814. The van der Waals surface area contributed by atoms with Crippen molar-refractivity contribution in [2.75, 3.05) is 25.2 Å². The number of amides is 1. The van der Waals surface area contributed by atoms with Crippen LogP contribution in [0.1, 0.15) is 22.7 Å². The second-order valence-electron chi connectivity index (χ2n) is 8.09. The maximum absolute atomic E-state index is 13.3. The van der Waals surface area contributed by atoms with E-state index in [2.05, 4.69) is 0 Å². The van der Waals surface area contributed by atoms with E-state index in [0.29, 0.717) is 47.3 Å². The molecule has 0 aliphatic carbocycles. The lowest BCUT2D eigenvalue weighted by Crippen LogP contribution is -2.29. The minimum Gasteiger partial charge on any atom is -0.507 e. The number of nitrogens with zero attached hydrogens (tertiary/aromatic N) is 1. The molecule has 34 heavy (non-hydrogen) atoms. The lowest BCUT2D eigenvalue weighted by atomic mass is 9.94. The first-order valence-corrected chi connectivity index (χ1v) is 10.9. The Morgan fingerprint density at radius 3 is 2.41 bits per heavy atom. The average Bonchev–Trinajstić information content (AvgIpc) is 3.14. The Kier molecular flexibility index (Phi) is 5.45. The van der Waals surface area contributed by atoms with Gasteiger partial charge in [-0.05, 0) is 48.4 Å². The molecular weight excluding hydrogens is 434 g/mol. The van der Waals surface area contributed by atoms with Gasteiger partial charge in [0.25, 0.3) is 11.7 Å². The number of carbonyl (C=O) groups is 2. The van der Waals surface area contributed by atoms with Crippen molar-refractivity contribution in [3.05, 3.63) is 89.0 Å². The van der Waals surface area contributed by atoms with E-state index in [4.69, 9.17) is 14.2 Å². The van der Waals surface area contributed by atoms with E-state index in [0.717, 1.165) is 5.56 Å². The monoisotopic (exact) mass is 457 g/mol. The third-order valence-corrected chi connectivity index (χ3v) is 6.03. The number of aliphatic hydroxyl groups is 1. The van der Waals surface area contributed by atoms with Crippen molar-refractivity contribution in [2.24, 2.45) is 0 Å². The minimum absolute atomic E-state index is 0.0238. The molecule has 1 fully saturated rings. The Bertz CT molecular complexity index is 1310. The van der Waals surface area contributed by atoms with Crippen LogP contribution in [0.5, 0.6) is 17.2 Å². The van der Waals surface area contributed by atoms with E-state index >= 15 is 0 Å². The van der Waals surface area contributed by atoms with Gasteiger partial charge in [-0.2, -0.15) is 0 Å². The molecule has 5 rings (SSSR count). The van der Waals surface area contributed by atoms with Crippen LogP contribution in [-0.4, -0.2) is 37.1 Å². The van der Waals surface area contributed by atoms with Gasteiger partial charge < -0.3 is 19.3 Å². The van der Waals surface area contributed by atoms with Gasteiger partial charge in [0, 0.05) is 17.3 Å². The van der Waals surface area contributed by atoms with Gasteiger partial charge in [-0.15, -0.1) is 0 Å². The normalized spacial score (nSPS) is 18.8. The number of ether oxygens (including phenoxy) is 3. The lowest BCUT2D eigenvalue weighted by Gasteiger charge is -2.27. The van der Waals surface area contributed by atoms with Gasteiger partial charge in [0.1, 0.15) is 24.7 Å². The standard InChI is InChI=1S/C27H23NO6/c1-16-14-18(8-10-20(16)32-2)25(29)23-24(17-6-4-3-5-7-17)28(27(31)26(23)30)19-9-11-21-22(15-19)34-13-12-33-21/h3-11,14-15,24,29H,12-13H2,1-2H3/b25-23+. The summed E-state index contributed by atoms with van der Waals surface area (Å²) in [6.07, 6.45) is 0. The van der Waals surface area contributed by atoms with Gasteiger partial charge in [0.15, 0.2) is 11.5 Å². The molecule has 1 amide bonds. The van der Waals surface area contributed by atoms with Gasteiger partial charge in [0.2, 0.25) is 0 Å². The first-order chi connectivity index (χ1) is 16.5. The number of hydrogen-bond donors (Lipinski definition) is 1. The molecule has 172 valence electrons. The summed E-state index contributed by atoms with van der Waals surface area (Å²) in [7, 11) is 1.57. The third kappa shape index (κ3) is 3.55. The van der Waals surface area contributed by atoms with Crippen molar-refractivity contribution in [1.29, 1.82) is 0 Å². The van der Waals surface area contributed by atoms with Crippen LogP contribution in [0.2, 0.25) is 0 Å². The Labute approximate surface area is 196 Å². The van der Waals surface area contributed by atoms with Crippen LogP contribution in [0.25, 0.3) is 5.76 Å². The molecule has 2 heterocycles. The number of ketones is 1. The zero-order valence-corrected chi connectivity index (χ0v) is 18.8. The molecule has 0 aromatic heterocycles. The topological polar surface area (TPSA) is 85.3 Å². The molecule has 0 saturated carbocycles. The summed E-state index contributed by atoms with van der Waals surface area (Å²) in [5, 5.41) is 11.3. The number of benzene rings is 3. The van der Waals surface area contributed by atoms with Gasteiger partial charge >= 0.3 is 0 Å². The largest absolute Gasteiger partial charge is 0.507 e. The summed E-state index contributed by atoms with van der Waals surface area (Å²) in [6.45, 7) is 2.69. The predicted octanol–water partition coefficient (Wildman–Crippen LogP) is 4.40. The summed E-state index contributed by atoms with van der Waals surface area (Å²) in [4.78, 5) is 28.0. The molecule has 0 bridgehead atoms. The smallest absolute Gasteiger partial charge is 0.300 e. The van der Waals surface area contributed by atoms with Crippen LogP contribution >= 0.6 is 0 Å². The fourth-order valence-electron chi connectivity index (χ4n) is 4.41. The quantitative estimate of drug-likeness (QED) is 0.355. The van der Waals surface area contributed by atoms with E-state index in [1.165, 1.54) is 4.90 Å². The molecule has 0 spiro atoms. The molecule has 2 aliphatic rings. The summed E-state index contributed by atoms with van der Waals surface area (Å²) in [6, 6.07) is 18.6. The van der Waals surface area contributed by atoms with Crippen molar-refractivity contribution in [2.45, 2.75) is 13.0 Å². The van der Waals surface area contributed by atoms with Crippen molar-refractivity contribution >= 4 is 23.1 Å². The number of hydrogen-bond acceptors (Lipinski definition) is 6. The Hall–Kier alpha value is -4.26. The number of carbonyl (C=O) groups excluding carboxylic acids is 2. The highest BCUT2D eigenvalue weighted by atomic mass is 16.6. The summed E-state index contributed by atoms with van der Waals surface area (Å²) in [5.41, 5.74) is 2.42. The van der Waals surface area contributed by atoms with Gasteiger partial charge in [0.05, 0.1) is 18.7 Å². The van der Waals surface area contributed by atoms with E-state index < -0.39 is 17.7 Å². The molecule has 1 saturated heterocycles. The van der Waals surface area contributed by atoms with Crippen molar-refractivity contribution in [3.63, 3.8) is 0 Å². The SMILES string of the molecule is COc1ccc(/C(O)=C2\C(=O)C(=O)N(c3ccc4c(c3)OCCO4)C2c2ccccc2)cc1C. The molecule has 1 N–H and O–H groups in total. The number of aryl methyl sites for hydroxylation is 1. The van der Waals surface area contributed by atoms with Crippen LogP contribution in [0.15, 0.2) is 72.3 Å². The maximum Gasteiger partial charge on any atom is 0.300 e. The Balaban J connectivity index is 1.68. The van der Waals surface area contributed by atoms with Crippen LogP contribution in [0, 0.1) is 6.92 Å². The fraction of sp³-hybridized carbons (Fsp3) is 0.185. The van der Waals surface area contributed by atoms with Crippen LogP contribution < -0.4 is 19.1 Å². The van der Waals surface area contributed by atoms with E-state index in [1.54, 1.807) is 43.5 Å². The molecule has 3 aromatic rings. The number of rotatable bonds is 4. The molecule has 3 aromatic carbocycles. The fourth-order valence-corrected chi connectivity index (χ4v) is 4.41. The highest BCUT2D eigenvalue weighted by Crippen LogP contribution is 2.44. The second-order valence-corrected chi connectivity index (χ2v) is 8.09. The van der Waals surface area contributed by atoms with Crippen molar-refractivity contribution < 1.29 is 28.9 Å². The van der Waals surface area contributed by atoms with Crippen molar-refractivity contribution in [3.8, 4) is 17.2 Å². The molecule has 7 heteroatoms. The maximum atomic E-state index is 13.3.